The Morgan fingerprint density at radius 1 is 0.925 bits per heavy atom. The Morgan fingerprint density at radius 3 is 2.27 bits per heavy atom. The molecule has 10 heteroatoms. The Kier molecular flexibility index (Phi) is 8.18. The largest absolute Gasteiger partial charge is 0.416 e. The van der Waals surface area contributed by atoms with E-state index in [1.54, 1.807) is 12.1 Å². The number of benzene rings is 3. The molecule has 2 unspecified atom stereocenters. The molecule has 4 amide bonds. The zero-order valence-corrected chi connectivity index (χ0v) is 22.4. The molecule has 0 aromatic heterocycles. The molecule has 210 valence electrons. The van der Waals surface area contributed by atoms with E-state index in [0.717, 1.165) is 23.3 Å². The molecule has 1 aliphatic heterocycles. The first kappa shape index (κ1) is 28.7. The molecule has 4 rings (SSSR count). The van der Waals surface area contributed by atoms with E-state index in [4.69, 9.17) is 0 Å². The Balaban J connectivity index is 1.67. The van der Waals surface area contributed by atoms with Crippen LogP contribution in [0, 0.1) is 0 Å². The van der Waals surface area contributed by atoms with E-state index >= 15 is 0 Å². The van der Waals surface area contributed by atoms with Gasteiger partial charge in [0.05, 0.1) is 5.56 Å². The van der Waals surface area contributed by atoms with Crippen LogP contribution in [0.4, 0.5) is 29.3 Å². The zero-order chi connectivity index (χ0) is 29.1. The molecule has 7 nitrogen and oxygen atoms in total. The van der Waals surface area contributed by atoms with Crippen molar-refractivity contribution in [1.82, 2.24) is 10.6 Å². The number of halogens is 3. The molecule has 3 aromatic carbocycles. The highest BCUT2D eigenvalue weighted by atomic mass is 19.4. The molecular formula is C30H31F3N4O3. The molecule has 0 fully saturated rings. The second-order valence-electron chi connectivity index (χ2n) is 10.7. The molecule has 0 spiro atoms. The summed E-state index contributed by atoms with van der Waals surface area (Å²) >= 11 is 0. The lowest BCUT2D eigenvalue weighted by molar-refractivity contribution is -0.137. The Morgan fingerprint density at radius 2 is 1.60 bits per heavy atom. The van der Waals surface area contributed by atoms with Crippen molar-refractivity contribution in [2.24, 2.45) is 0 Å². The summed E-state index contributed by atoms with van der Waals surface area (Å²) in [7, 11) is 0. The Hall–Kier alpha value is -4.34. The third-order valence-corrected chi connectivity index (χ3v) is 6.41. The number of hydrogen-bond acceptors (Lipinski definition) is 3. The van der Waals surface area contributed by atoms with Crippen molar-refractivity contribution in [3.63, 3.8) is 0 Å². The van der Waals surface area contributed by atoms with Gasteiger partial charge in [-0.1, -0.05) is 54.6 Å². The van der Waals surface area contributed by atoms with Crippen LogP contribution in [0.5, 0.6) is 0 Å². The van der Waals surface area contributed by atoms with Crippen LogP contribution in [0.2, 0.25) is 0 Å². The lowest BCUT2D eigenvalue weighted by Crippen LogP contribution is -2.53. The highest BCUT2D eigenvalue weighted by Crippen LogP contribution is 2.39. The van der Waals surface area contributed by atoms with Gasteiger partial charge in [0, 0.05) is 22.8 Å². The quantitative estimate of drug-likeness (QED) is 0.381. The first-order chi connectivity index (χ1) is 18.8. The summed E-state index contributed by atoms with van der Waals surface area (Å²) in [5, 5.41) is 7.91. The van der Waals surface area contributed by atoms with E-state index in [-0.39, 0.29) is 30.5 Å². The number of carbonyl (C=O) groups is 3. The number of fused-ring (bicyclic) bond motifs is 1. The van der Waals surface area contributed by atoms with Gasteiger partial charge in [-0.05, 0) is 62.6 Å². The fraction of sp³-hybridized carbons (Fsp3) is 0.300. The van der Waals surface area contributed by atoms with E-state index in [1.807, 2.05) is 63.2 Å². The zero-order valence-electron chi connectivity index (χ0n) is 22.4. The van der Waals surface area contributed by atoms with Gasteiger partial charge in [0.2, 0.25) is 11.8 Å². The molecule has 1 heterocycles. The topological polar surface area (TPSA) is 90.5 Å². The number of alkyl halides is 3. The van der Waals surface area contributed by atoms with E-state index in [2.05, 4.69) is 16.0 Å². The van der Waals surface area contributed by atoms with Gasteiger partial charge in [0.25, 0.3) is 0 Å². The normalized spacial score (nSPS) is 17.4. The molecule has 0 saturated carbocycles. The molecule has 3 aromatic rings. The smallest absolute Gasteiger partial charge is 0.350 e. The van der Waals surface area contributed by atoms with Crippen LogP contribution in [0.25, 0.3) is 0 Å². The summed E-state index contributed by atoms with van der Waals surface area (Å²) in [6.45, 7) is 5.22. The van der Waals surface area contributed by atoms with Crippen LogP contribution in [0.1, 0.15) is 49.8 Å². The highest BCUT2D eigenvalue weighted by Gasteiger charge is 2.38. The lowest BCUT2D eigenvalue weighted by atomic mass is 9.86. The molecule has 1 aliphatic rings. The number of nitrogens with one attached hydrogen (secondary N) is 3. The predicted molar refractivity (Wildman–Crippen MR) is 147 cm³/mol. The SMILES string of the molecule is CC(C)(C)NC(=O)CN1C(=O)C(NC(=O)Nc2cccc(C(F)(F)F)c2)CC(c2ccccc2)c2ccccc21. The standard InChI is InChI=1S/C30H31F3N4O3/c1-29(2,3)36-26(38)18-37-25-15-8-7-14-22(25)23(19-10-5-4-6-11-19)17-24(27(37)39)35-28(40)34-21-13-9-12-20(16-21)30(31,32)33/h4-16,23-24H,17-18H2,1-3H3,(H,36,38)(H2,34,35,40). The van der Waals surface area contributed by atoms with Crippen LogP contribution >= 0.6 is 0 Å². The van der Waals surface area contributed by atoms with Crippen LogP contribution in [0.3, 0.4) is 0 Å². The molecular weight excluding hydrogens is 521 g/mol. The van der Waals surface area contributed by atoms with Crippen LogP contribution in [0.15, 0.2) is 78.9 Å². The number of para-hydroxylation sites is 1. The number of amides is 4. The van der Waals surface area contributed by atoms with Gasteiger partial charge in [0.15, 0.2) is 0 Å². The van der Waals surface area contributed by atoms with Crippen molar-refractivity contribution < 1.29 is 27.6 Å². The second kappa shape index (κ2) is 11.4. The predicted octanol–water partition coefficient (Wildman–Crippen LogP) is 5.68. The van der Waals surface area contributed by atoms with Gasteiger partial charge in [-0.15, -0.1) is 0 Å². The number of rotatable bonds is 5. The summed E-state index contributed by atoms with van der Waals surface area (Å²) in [5.74, 6) is -1.19. The Bertz CT molecular complexity index is 1390. The molecule has 3 N–H and O–H groups in total. The summed E-state index contributed by atoms with van der Waals surface area (Å²) in [5.41, 5.74) is 0.764. The van der Waals surface area contributed by atoms with Crippen molar-refractivity contribution in [2.45, 2.75) is 50.9 Å². The van der Waals surface area contributed by atoms with Crippen LogP contribution in [-0.2, 0) is 15.8 Å². The minimum atomic E-state index is -4.58. The van der Waals surface area contributed by atoms with Gasteiger partial charge < -0.3 is 20.9 Å². The first-order valence-corrected chi connectivity index (χ1v) is 12.8. The summed E-state index contributed by atoms with van der Waals surface area (Å²) in [4.78, 5) is 41.2. The van der Waals surface area contributed by atoms with E-state index in [0.29, 0.717) is 5.69 Å². The first-order valence-electron chi connectivity index (χ1n) is 12.8. The monoisotopic (exact) mass is 552 g/mol. The highest BCUT2D eigenvalue weighted by molar-refractivity contribution is 6.05. The Labute approximate surface area is 230 Å². The number of anilines is 2. The summed E-state index contributed by atoms with van der Waals surface area (Å²) in [6, 6.07) is 19.1. The van der Waals surface area contributed by atoms with Crippen molar-refractivity contribution in [1.29, 1.82) is 0 Å². The fourth-order valence-corrected chi connectivity index (χ4v) is 4.78. The summed E-state index contributed by atoms with van der Waals surface area (Å²) < 4.78 is 39.4. The van der Waals surface area contributed by atoms with E-state index in [9.17, 15) is 27.6 Å². The van der Waals surface area contributed by atoms with Gasteiger partial charge in [-0.2, -0.15) is 13.2 Å². The van der Waals surface area contributed by atoms with Crippen molar-refractivity contribution in [3.05, 3.63) is 95.6 Å². The molecule has 0 radical (unpaired) electrons. The third kappa shape index (κ3) is 6.99. The van der Waals surface area contributed by atoms with Gasteiger partial charge >= 0.3 is 12.2 Å². The lowest BCUT2D eigenvalue weighted by Gasteiger charge is -2.28. The summed E-state index contributed by atoms with van der Waals surface area (Å²) in [6.07, 6.45) is -4.40. The van der Waals surface area contributed by atoms with Gasteiger partial charge in [-0.25, -0.2) is 4.79 Å². The number of carbonyl (C=O) groups excluding carboxylic acids is 3. The number of hydrogen-bond donors (Lipinski definition) is 3. The molecule has 0 bridgehead atoms. The number of nitrogens with zero attached hydrogens (tertiary/aromatic N) is 1. The van der Waals surface area contributed by atoms with E-state index in [1.165, 1.54) is 17.0 Å². The van der Waals surface area contributed by atoms with Gasteiger partial charge in [-0.3, -0.25) is 9.59 Å². The van der Waals surface area contributed by atoms with Crippen molar-refractivity contribution in [2.75, 3.05) is 16.8 Å². The third-order valence-electron chi connectivity index (χ3n) is 6.41. The maximum Gasteiger partial charge on any atom is 0.416 e. The molecule has 2 atom stereocenters. The average molecular weight is 553 g/mol. The van der Waals surface area contributed by atoms with Crippen LogP contribution < -0.4 is 20.9 Å². The molecule has 40 heavy (non-hydrogen) atoms. The maximum atomic E-state index is 13.9. The minimum Gasteiger partial charge on any atom is -0.350 e. The average Bonchev–Trinajstić information content (AvgIpc) is 2.98. The number of urea groups is 1. The van der Waals surface area contributed by atoms with Crippen molar-refractivity contribution >= 4 is 29.2 Å². The second-order valence-corrected chi connectivity index (χ2v) is 10.7. The van der Waals surface area contributed by atoms with Crippen LogP contribution in [-0.4, -0.2) is 36.0 Å². The minimum absolute atomic E-state index is 0.0716. The van der Waals surface area contributed by atoms with Crippen molar-refractivity contribution in [3.8, 4) is 0 Å². The molecule has 0 aliphatic carbocycles. The molecule has 0 saturated heterocycles. The van der Waals surface area contributed by atoms with Gasteiger partial charge in [0.1, 0.15) is 12.6 Å². The van der Waals surface area contributed by atoms with E-state index < -0.39 is 35.3 Å². The maximum absolute atomic E-state index is 13.9. The fourth-order valence-electron chi connectivity index (χ4n) is 4.78.